The number of carbonyl (C=O) groups is 4. The molecule has 0 aromatic heterocycles. The van der Waals surface area contributed by atoms with Crippen LogP contribution in [-0.2, 0) is 28.6 Å². The van der Waals surface area contributed by atoms with Crippen molar-refractivity contribution in [2.24, 2.45) is 0 Å². The molecule has 13 nitrogen and oxygen atoms in total. The first-order valence-electron chi connectivity index (χ1n) is 14.5. The van der Waals surface area contributed by atoms with Crippen LogP contribution in [0, 0.1) is 0 Å². The summed E-state index contributed by atoms with van der Waals surface area (Å²) in [7, 11) is 0. The Balaban J connectivity index is -0.000000531. The molecule has 0 spiro atoms. The number of nitrogens with zero attached hydrogens (tertiary/aromatic N) is 2. The molecule has 0 saturated carbocycles. The number of ether oxygens (including phenoxy) is 3. The van der Waals surface area contributed by atoms with Crippen LogP contribution in [0.3, 0.4) is 0 Å². The number of carboxylic acids is 1. The number of rotatable bonds is 1. The fourth-order valence-electron chi connectivity index (χ4n) is 3.90. The normalized spacial score (nSPS) is 18.6. The average Bonchev–Trinajstić information content (AvgIpc) is 2.99. The number of nitrogens with one attached hydrogen (secondary N) is 2. The first-order valence-corrected chi connectivity index (χ1v) is 14.5. The van der Waals surface area contributed by atoms with Gasteiger partial charge in [0, 0.05) is 58.2 Å². The van der Waals surface area contributed by atoms with Gasteiger partial charge in [0.1, 0.15) is 11.4 Å². The molecule has 0 unspecified atom stereocenters. The van der Waals surface area contributed by atoms with E-state index in [2.05, 4.69) is 15.5 Å². The van der Waals surface area contributed by atoms with Crippen LogP contribution in [0.2, 0.25) is 0 Å². The SMILES string of the molecule is C.C1CC(N2CCOCC2)CCN1.C1COCCN1.CC(C)(C)OC(=O)N1CCC(=O)CC1.FC(F)F.O=C(O)C(F)(F)F.O=CO. The number of carbonyl (C=O) groups excluding carboxylic acids is 2. The van der Waals surface area contributed by atoms with E-state index < -0.39 is 24.4 Å². The van der Waals surface area contributed by atoms with Gasteiger partial charge in [-0.2, -0.15) is 26.3 Å². The van der Waals surface area contributed by atoms with Crippen molar-refractivity contribution in [2.45, 2.75) is 78.4 Å². The molecule has 0 bridgehead atoms. The van der Waals surface area contributed by atoms with Gasteiger partial charge in [0.15, 0.2) is 0 Å². The zero-order valence-electron chi connectivity index (χ0n) is 26.5. The Bertz CT molecular complexity index is 781. The maximum Gasteiger partial charge on any atom is 0.490 e. The van der Waals surface area contributed by atoms with E-state index in [4.69, 9.17) is 34.0 Å². The smallest absolute Gasteiger partial charge is 0.483 e. The molecule has 19 heteroatoms. The molecule has 4 aliphatic heterocycles. The maximum atomic E-state index is 11.5. The van der Waals surface area contributed by atoms with Gasteiger partial charge < -0.3 is 40.0 Å². The van der Waals surface area contributed by atoms with Gasteiger partial charge in [0.05, 0.1) is 26.4 Å². The van der Waals surface area contributed by atoms with Crippen molar-refractivity contribution in [2.75, 3.05) is 78.8 Å². The van der Waals surface area contributed by atoms with E-state index in [-0.39, 0.29) is 25.8 Å². The molecule has 4 rings (SSSR count). The lowest BCUT2D eigenvalue weighted by Crippen LogP contribution is -2.47. The molecule has 4 aliphatic rings. The van der Waals surface area contributed by atoms with Crippen molar-refractivity contribution in [1.82, 2.24) is 20.4 Å². The third-order valence-electron chi connectivity index (χ3n) is 5.93. The lowest BCUT2D eigenvalue weighted by Gasteiger charge is -2.36. The van der Waals surface area contributed by atoms with E-state index in [9.17, 15) is 35.9 Å². The first-order chi connectivity index (χ1) is 21.4. The van der Waals surface area contributed by atoms with Crippen LogP contribution < -0.4 is 10.6 Å². The summed E-state index contributed by atoms with van der Waals surface area (Å²) in [6.45, 7) is 13.0. The highest BCUT2D eigenvalue weighted by atomic mass is 19.4. The molecule has 4 N–H and O–H groups in total. The third kappa shape index (κ3) is 31.6. The topological polar surface area (TPSA) is 167 Å². The Morgan fingerprint density at radius 2 is 1.28 bits per heavy atom. The van der Waals surface area contributed by atoms with Crippen molar-refractivity contribution in [1.29, 1.82) is 0 Å². The van der Waals surface area contributed by atoms with Gasteiger partial charge in [-0.05, 0) is 46.7 Å². The minimum Gasteiger partial charge on any atom is -0.483 e. The molecule has 0 aromatic carbocycles. The zero-order valence-corrected chi connectivity index (χ0v) is 26.5. The van der Waals surface area contributed by atoms with Crippen LogP contribution in [0.4, 0.5) is 31.1 Å². The summed E-state index contributed by atoms with van der Waals surface area (Å²) >= 11 is 0. The molecule has 0 aromatic rings. The summed E-state index contributed by atoms with van der Waals surface area (Å²) in [5, 5.41) is 20.6. The van der Waals surface area contributed by atoms with Crippen molar-refractivity contribution < 1.29 is 69.9 Å². The Morgan fingerprint density at radius 1 is 0.894 bits per heavy atom. The van der Waals surface area contributed by atoms with Gasteiger partial charge in [-0.15, -0.1) is 0 Å². The molecule has 0 aliphatic carbocycles. The van der Waals surface area contributed by atoms with E-state index in [1.54, 1.807) is 4.90 Å². The summed E-state index contributed by atoms with van der Waals surface area (Å²) in [5.74, 6) is -2.53. The van der Waals surface area contributed by atoms with Crippen LogP contribution in [0.1, 0.15) is 53.9 Å². The number of ketones is 1. The fourth-order valence-corrected chi connectivity index (χ4v) is 3.90. The highest BCUT2D eigenvalue weighted by Gasteiger charge is 2.38. The predicted octanol–water partition coefficient (Wildman–Crippen LogP) is 3.41. The van der Waals surface area contributed by atoms with Gasteiger partial charge in [0.25, 0.3) is 6.47 Å². The van der Waals surface area contributed by atoms with Gasteiger partial charge in [-0.3, -0.25) is 14.5 Å². The molecule has 0 radical (unpaired) electrons. The largest absolute Gasteiger partial charge is 0.490 e. The molecule has 4 heterocycles. The highest BCUT2D eigenvalue weighted by molar-refractivity contribution is 5.81. The number of piperidine rings is 2. The lowest BCUT2D eigenvalue weighted by molar-refractivity contribution is -0.192. The number of amides is 1. The van der Waals surface area contributed by atoms with Crippen LogP contribution in [-0.4, -0.2) is 148 Å². The number of hydrogen-bond acceptors (Lipinski definition) is 10. The molecule has 47 heavy (non-hydrogen) atoms. The van der Waals surface area contributed by atoms with E-state index in [0.717, 1.165) is 58.6 Å². The van der Waals surface area contributed by atoms with E-state index in [1.165, 1.54) is 25.9 Å². The standard InChI is InChI=1S/C10H17NO3.C9H18N2O.C4H9NO.C2HF3O2.CHF3.CH2O2.CH4/c1-10(2,3)14-9(13)11-6-4-8(12)5-7-11;1-3-10-4-2-9(1)11-5-7-12-8-6-11;1-3-6-4-2-5-1;3-2(4,5)1(6)7;2-1(3)4;2-1-3;/h4-7H2,1-3H3;9-10H,1-8H2;5H,1-4H2;(H,6,7);1H;1H,(H,2,3);1H4. The minimum absolute atomic E-state index is 0. The number of hydrogen-bond donors (Lipinski definition) is 4. The number of carboxylic acid groups (broad SMARTS) is 2. The molecule has 1 amide bonds. The predicted molar refractivity (Wildman–Crippen MR) is 160 cm³/mol. The first kappa shape index (κ1) is 48.7. The second kappa shape index (κ2) is 28.3. The molecule has 4 saturated heterocycles. The molecular formula is C28H52F6N4O9. The maximum absolute atomic E-state index is 11.5. The van der Waals surface area contributed by atoms with Crippen molar-refractivity contribution >= 4 is 24.3 Å². The Morgan fingerprint density at radius 3 is 1.60 bits per heavy atom. The molecule has 0 atom stereocenters. The van der Waals surface area contributed by atoms with Crippen LogP contribution in [0.15, 0.2) is 0 Å². The third-order valence-corrected chi connectivity index (χ3v) is 5.93. The van der Waals surface area contributed by atoms with E-state index >= 15 is 0 Å². The number of Topliss-reactive ketones (excluding diaryl/α,β-unsaturated/α-hetero) is 1. The Hall–Kier alpha value is -2.74. The van der Waals surface area contributed by atoms with Crippen molar-refractivity contribution in [3.63, 3.8) is 0 Å². The summed E-state index contributed by atoms with van der Waals surface area (Å²) in [5.41, 5.74) is -0.460. The Kier molecular flexibility index (Phi) is 29.3. The van der Waals surface area contributed by atoms with E-state index in [0.29, 0.717) is 25.9 Å². The average molecular weight is 703 g/mol. The van der Waals surface area contributed by atoms with Crippen LogP contribution in [0.25, 0.3) is 0 Å². The second-order valence-electron chi connectivity index (χ2n) is 10.7. The monoisotopic (exact) mass is 702 g/mol. The summed E-state index contributed by atoms with van der Waals surface area (Å²) in [6, 6.07) is 0.829. The van der Waals surface area contributed by atoms with Crippen molar-refractivity contribution in [3.05, 3.63) is 0 Å². The fraction of sp³-hybridized carbons (Fsp3) is 0.857. The van der Waals surface area contributed by atoms with Gasteiger partial charge >= 0.3 is 24.9 Å². The number of morpholine rings is 2. The number of aliphatic carboxylic acids is 1. The number of halogens is 6. The highest BCUT2D eigenvalue weighted by Crippen LogP contribution is 2.14. The zero-order chi connectivity index (χ0) is 35.6. The number of likely N-dealkylation sites (tertiary alicyclic amines) is 1. The second-order valence-corrected chi connectivity index (χ2v) is 10.7. The lowest BCUT2D eigenvalue weighted by atomic mass is 10.0. The van der Waals surface area contributed by atoms with Gasteiger partial charge in [0.2, 0.25) is 0 Å². The Labute approximate surface area is 272 Å². The molecule has 280 valence electrons. The number of alkyl halides is 6. The van der Waals surface area contributed by atoms with Crippen LogP contribution in [0.5, 0.6) is 0 Å². The molecular weight excluding hydrogens is 650 g/mol. The summed E-state index contributed by atoms with van der Waals surface area (Å²) in [6.07, 6.45) is -1.84. The van der Waals surface area contributed by atoms with E-state index in [1.807, 2.05) is 20.8 Å². The van der Waals surface area contributed by atoms with Crippen molar-refractivity contribution in [3.8, 4) is 0 Å². The van der Waals surface area contributed by atoms with Gasteiger partial charge in [-0.25, -0.2) is 9.59 Å². The minimum atomic E-state index is -5.08. The van der Waals surface area contributed by atoms with Gasteiger partial charge in [-0.1, -0.05) is 7.43 Å². The molecule has 4 fully saturated rings. The summed E-state index contributed by atoms with van der Waals surface area (Å²) in [4.78, 5) is 43.9. The quantitative estimate of drug-likeness (QED) is 0.233. The summed E-state index contributed by atoms with van der Waals surface area (Å²) < 4.78 is 76.3. The van der Waals surface area contributed by atoms with Crippen LogP contribution >= 0.6 is 0 Å².